The Hall–Kier alpha value is -2.30. The number of hydrogen-bond donors (Lipinski definition) is 1. The minimum atomic E-state index is -0.533. The number of nitrogens with zero attached hydrogens (tertiary/aromatic N) is 2. The first-order chi connectivity index (χ1) is 9.13. The fourth-order valence-electron chi connectivity index (χ4n) is 1.91. The molecule has 0 fully saturated rings. The molecule has 0 spiro atoms. The number of benzene rings is 1. The van der Waals surface area contributed by atoms with Gasteiger partial charge in [-0.15, -0.1) is 0 Å². The molecule has 0 bridgehead atoms. The third-order valence-electron chi connectivity index (χ3n) is 2.75. The van der Waals surface area contributed by atoms with E-state index in [9.17, 15) is 9.90 Å². The van der Waals surface area contributed by atoms with Gasteiger partial charge in [0.1, 0.15) is 11.3 Å². The van der Waals surface area contributed by atoms with Gasteiger partial charge in [0, 0.05) is 0 Å². The minimum absolute atomic E-state index is 0.0187. The summed E-state index contributed by atoms with van der Waals surface area (Å²) in [5.74, 6) is -0.552. The molecule has 5 nitrogen and oxygen atoms in total. The summed E-state index contributed by atoms with van der Waals surface area (Å²) >= 11 is 0. The van der Waals surface area contributed by atoms with E-state index in [1.807, 2.05) is 30.3 Å². The Labute approximate surface area is 111 Å². The fraction of sp³-hybridized carbons (Fsp3) is 0.286. The van der Waals surface area contributed by atoms with Gasteiger partial charge in [-0.2, -0.15) is 5.10 Å². The summed E-state index contributed by atoms with van der Waals surface area (Å²) in [4.78, 5) is 11.7. The minimum Gasteiger partial charge on any atom is -0.509 e. The van der Waals surface area contributed by atoms with Crippen LogP contribution in [0.25, 0.3) is 0 Å². The smallest absolute Gasteiger partial charge is 0.343 e. The van der Waals surface area contributed by atoms with E-state index in [0.29, 0.717) is 5.71 Å². The van der Waals surface area contributed by atoms with Gasteiger partial charge in [0.2, 0.25) is 0 Å². The molecule has 0 radical (unpaired) electrons. The summed E-state index contributed by atoms with van der Waals surface area (Å²) in [5.41, 5.74) is 1.47. The average molecular weight is 260 g/mol. The summed E-state index contributed by atoms with van der Waals surface area (Å²) in [6.07, 6.45) is 0. The normalized spacial score (nSPS) is 15.3. The van der Waals surface area contributed by atoms with Gasteiger partial charge >= 0.3 is 5.97 Å². The molecule has 1 aromatic rings. The van der Waals surface area contributed by atoms with Crippen LogP contribution in [0.2, 0.25) is 0 Å². The van der Waals surface area contributed by atoms with E-state index < -0.39 is 5.97 Å². The second-order valence-electron chi connectivity index (χ2n) is 4.12. The van der Waals surface area contributed by atoms with Gasteiger partial charge < -0.3 is 9.84 Å². The van der Waals surface area contributed by atoms with Gasteiger partial charge in [-0.1, -0.05) is 18.2 Å². The SMILES string of the molecule is CCOC(=O)C1=C(O)CN(c2ccccc2)N=C1C. The van der Waals surface area contributed by atoms with E-state index in [0.717, 1.165) is 5.69 Å². The van der Waals surface area contributed by atoms with Gasteiger partial charge in [0.05, 0.1) is 24.6 Å². The Kier molecular flexibility index (Phi) is 3.85. The summed E-state index contributed by atoms with van der Waals surface area (Å²) in [5, 5.41) is 16.0. The zero-order valence-electron chi connectivity index (χ0n) is 11.0. The van der Waals surface area contributed by atoms with Crippen LogP contribution in [0.15, 0.2) is 46.8 Å². The van der Waals surface area contributed by atoms with E-state index in [1.165, 1.54) is 0 Å². The van der Waals surface area contributed by atoms with Gasteiger partial charge in [-0.25, -0.2) is 4.79 Å². The lowest BCUT2D eigenvalue weighted by Gasteiger charge is -2.25. The number of rotatable bonds is 3. The standard InChI is InChI=1S/C14H16N2O3/c1-3-19-14(18)13-10(2)15-16(9-12(13)17)11-7-5-4-6-8-11/h4-8,17H,3,9H2,1-2H3. The number of aliphatic hydroxyl groups is 1. The van der Waals surface area contributed by atoms with Crippen LogP contribution >= 0.6 is 0 Å². The molecule has 1 aromatic carbocycles. The zero-order chi connectivity index (χ0) is 13.8. The molecular weight excluding hydrogens is 244 g/mol. The Bertz CT molecular complexity index is 535. The van der Waals surface area contributed by atoms with Crippen molar-refractivity contribution in [1.29, 1.82) is 0 Å². The maximum absolute atomic E-state index is 11.7. The van der Waals surface area contributed by atoms with Crippen LogP contribution in [-0.2, 0) is 9.53 Å². The number of hydrazone groups is 1. The zero-order valence-corrected chi connectivity index (χ0v) is 11.0. The Morgan fingerprint density at radius 3 is 2.68 bits per heavy atom. The first kappa shape index (κ1) is 13.1. The second-order valence-corrected chi connectivity index (χ2v) is 4.12. The predicted octanol–water partition coefficient (Wildman–Crippen LogP) is 2.26. The first-order valence-electron chi connectivity index (χ1n) is 6.11. The lowest BCUT2D eigenvalue weighted by atomic mass is 10.1. The van der Waals surface area contributed by atoms with Crippen LogP contribution in [0.1, 0.15) is 13.8 Å². The number of ether oxygens (including phenoxy) is 1. The maximum Gasteiger partial charge on any atom is 0.343 e. The average Bonchev–Trinajstić information content (AvgIpc) is 2.39. The molecule has 0 aliphatic carbocycles. The van der Waals surface area contributed by atoms with Crippen molar-refractivity contribution in [2.75, 3.05) is 18.2 Å². The van der Waals surface area contributed by atoms with E-state index in [1.54, 1.807) is 18.9 Å². The highest BCUT2D eigenvalue weighted by Crippen LogP contribution is 2.21. The molecule has 1 heterocycles. The lowest BCUT2D eigenvalue weighted by molar-refractivity contribution is -0.138. The quantitative estimate of drug-likeness (QED) is 0.847. The molecule has 1 aliphatic heterocycles. The molecule has 0 unspecified atom stereocenters. The predicted molar refractivity (Wildman–Crippen MR) is 73.2 cm³/mol. The highest BCUT2D eigenvalue weighted by Gasteiger charge is 2.26. The van der Waals surface area contributed by atoms with Crippen molar-refractivity contribution in [3.63, 3.8) is 0 Å². The molecule has 2 rings (SSSR count). The van der Waals surface area contributed by atoms with Crippen LogP contribution in [0.4, 0.5) is 5.69 Å². The monoisotopic (exact) mass is 260 g/mol. The number of carbonyl (C=O) groups excluding carboxylic acids is 1. The van der Waals surface area contributed by atoms with Crippen molar-refractivity contribution < 1.29 is 14.6 Å². The topological polar surface area (TPSA) is 62.1 Å². The fourth-order valence-corrected chi connectivity index (χ4v) is 1.91. The number of esters is 1. The van der Waals surface area contributed by atoms with E-state index in [4.69, 9.17) is 4.74 Å². The van der Waals surface area contributed by atoms with Crippen LogP contribution in [0.3, 0.4) is 0 Å². The van der Waals surface area contributed by atoms with Crippen molar-refractivity contribution >= 4 is 17.4 Å². The Morgan fingerprint density at radius 2 is 2.11 bits per heavy atom. The maximum atomic E-state index is 11.7. The number of para-hydroxylation sites is 1. The largest absolute Gasteiger partial charge is 0.509 e. The first-order valence-corrected chi connectivity index (χ1v) is 6.11. The molecule has 1 aliphatic rings. The number of carbonyl (C=O) groups is 1. The summed E-state index contributed by atoms with van der Waals surface area (Å²) in [7, 11) is 0. The molecular formula is C14H16N2O3. The summed E-state index contributed by atoms with van der Waals surface area (Å²) in [6, 6.07) is 9.46. The molecule has 0 aromatic heterocycles. The van der Waals surface area contributed by atoms with E-state index >= 15 is 0 Å². The second kappa shape index (κ2) is 5.56. The van der Waals surface area contributed by atoms with Crippen molar-refractivity contribution in [2.45, 2.75) is 13.8 Å². The molecule has 19 heavy (non-hydrogen) atoms. The van der Waals surface area contributed by atoms with Crippen LogP contribution in [-0.4, -0.2) is 29.9 Å². The van der Waals surface area contributed by atoms with Crippen molar-refractivity contribution in [2.24, 2.45) is 5.10 Å². The molecule has 0 atom stereocenters. The molecule has 0 saturated heterocycles. The molecule has 100 valence electrons. The van der Waals surface area contributed by atoms with Crippen LogP contribution in [0.5, 0.6) is 0 Å². The number of hydrogen-bond acceptors (Lipinski definition) is 5. The molecule has 0 amide bonds. The van der Waals surface area contributed by atoms with Crippen molar-refractivity contribution in [3.8, 4) is 0 Å². The summed E-state index contributed by atoms with van der Waals surface area (Å²) in [6.45, 7) is 3.83. The summed E-state index contributed by atoms with van der Waals surface area (Å²) < 4.78 is 4.91. The van der Waals surface area contributed by atoms with Crippen LogP contribution < -0.4 is 5.01 Å². The molecule has 5 heteroatoms. The van der Waals surface area contributed by atoms with E-state index in [2.05, 4.69) is 5.10 Å². The van der Waals surface area contributed by atoms with Gasteiger partial charge in [-0.3, -0.25) is 5.01 Å². The lowest BCUT2D eigenvalue weighted by Crippen LogP contribution is -2.31. The number of aliphatic hydroxyl groups excluding tert-OH is 1. The van der Waals surface area contributed by atoms with Crippen LogP contribution in [0, 0.1) is 0 Å². The van der Waals surface area contributed by atoms with Gasteiger partial charge in [0.25, 0.3) is 0 Å². The third kappa shape index (κ3) is 2.76. The highest BCUT2D eigenvalue weighted by atomic mass is 16.5. The highest BCUT2D eigenvalue weighted by molar-refractivity contribution is 6.20. The third-order valence-corrected chi connectivity index (χ3v) is 2.75. The van der Waals surface area contributed by atoms with Gasteiger partial charge in [0.15, 0.2) is 0 Å². The number of anilines is 1. The van der Waals surface area contributed by atoms with E-state index in [-0.39, 0.29) is 24.5 Å². The molecule has 1 N–H and O–H groups in total. The molecule has 0 saturated carbocycles. The van der Waals surface area contributed by atoms with Crippen molar-refractivity contribution in [1.82, 2.24) is 0 Å². The Morgan fingerprint density at radius 1 is 1.42 bits per heavy atom. The van der Waals surface area contributed by atoms with Crippen molar-refractivity contribution in [3.05, 3.63) is 41.7 Å². The van der Waals surface area contributed by atoms with Gasteiger partial charge in [-0.05, 0) is 26.0 Å². The Balaban J connectivity index is 2.26.